The number of hydrogen-bond donors (Lipinski definition) is 3. The molecule has 2 heterocycles. The fraction of sp³-hybridized carbons (Fsp3) is 0.556. The number of nitrogens with one attached hydrogen (secondary N) is 3. The summed E-state index contributed by atoms with van der Waals surface area (Å²) in [4.78, 5) is 24.2. The van der Waals surface area contributed by atoms with Crippen LogP contribution in [0.2, 0.25) is 0 Å². The quantitative estimate of drug-likeness (QED) is 0.715. The number of anilines is 1. The maximum atomic E-state index is 12.2. The van der Waals surface area contributed by atoms with Crippen molar-refractivity contribution in [3.05, 3.63) is 29.8 Å². The van der Waals surface area contributed by atoms with Gasteiger partial charge in [-0.2, -0.15) is 0 Å². The lowest BCUT2D eigenvalue weighted by atomic mass is 9.88. The monoisotopic (exact) mass is 367 g/mol. The van der Waals surface area contributed by atoms with Crippen molar-refractivity contribution in [1.82, 2.24) is 10.6 Å². The minimum absolute atomic E-state index is 0. The van der Waals surface area contributed by atoms with E-state index in [0.717, 1.165) is 37.2 Å². The van der Waals surface area contributed by atoms with E-state index in [2.05, 4.69) is 16.0 Å². The third-order valence-corrected chi connectivity index (χ3v) is 4.82. The van der Waals surface area contributed by atoms with Gasteiger partial charge in [-0.15, -0.1) is 12.4 Å². The summed E-state index contributed by atoms with van der Waals surface area (Å²) in [5.41, 5.74) is 1.70. The Morgan fingerprint density at radius 1 is 1.36 bits per heavy atom. The fourth-order valence-corrected chi connectivity index (χ4v) is 3.00. The van der Waals surface area contributed by atoms with Crippen LogP contribution in [0.25, 0.3) is 0 Å². The van der Waals surface area contributed by atoms with E-state index in [-0.39, 0.29) is 36.2 Å². The molecule has 2 aliphatic rings. The van der Waals surface area contributed by atoms with E-state index in [4.69, 9.17) is 4.74 Å². The van der Waals surface area contributed by atoms with E-state index in [1.54, 1.807) is 0 Å². The summed E-state index contributed by atoms with van der Waals surface area (Å²) < 4.78 is 5.39. The molecular weight excluding hydrogens is 342 g/mol. The van der Waals surface area contributed by atoms with E-state index in [1.807, 2.05) is 31.2 Å². The number of carbonyl (C=O) groups is 2. The van der Waals surface area contributed by atoms with E-state index in [1.165, 1.54) is 0 Å². The molecule has 1 aromatic rings. The Hall–Kier alpha value is -1.63. The van der Waals surface area contributed by atoms with E-state index >= 15 is 0 Å². The molecule has 1 aromatic carbocycles. The predicted octanol–water partition coefficient (Wildman–Crippen LogP) is 1.70. The van der Waals surface area contributed by atoms with Gasteiger partial charge in [0.25, 0.3) is 5.91 Å². The highest BCUT2D eigenvalue weighted by Gasteiger charge is 2.28. The number of rotatable bonds is 6. The lowest BCUT2D eigenvalue weighted by Crippen LogP contribution is -2.49. The Balaban J connectivity index is 0.00000225. The van der Waals surface area contributed by atoms with Gasteiger partial charge >= 0.3 is 0 Å². The average Bonchev–Trinajstić information content (AvgIpc) is 3.06. The second kappa shape index (κ2) is 9.17. The Morgan fingerprint density at radius 3 is 2.80 bits per heavy atom. The van der Waals surface area contributed by atoms with Crippen LogP contribution in [0.15, 0.2) is 24.3 Å². The Labute approximate surface area is 154 Å². The van der Waals surface area contributed by atoms with Crippen molar-refractivity contribution in [2.45, 2.75) is 32.4 Å². The summed E-state index contributed by atoms with van der Waals surface area (Å²) >= 11 is 0. The highest BCUT2D eigenvalue weighted by Crippen LogP contribution is 2.18. The van der Waals surface area contributed by atoms with Crippen LogP contribution < -0.4 is 16.0 Å². The lowest BCUT2D eigenvalue weighted by Gasteiger charge is -2.31. The molecule has 25 heavy (non-hydrogen) atoms. The highest BCUT2D eigenvalue weighted by atomic mass is 35.5. The van der Waals surface area contributed by atoms with Crippen LogP contribution in [-0.4, -0.2) is 37.6 Å². The van der Waals surface area contributed by atoms with Crippen LogP contribution >= 0.6 is 12.4 Å². The SMILES string of the molecule is CC(C(=O)NCc1cccc(NC(=O)C2CCCO2)c1)C1CNC1.Cl. The van der Waals surface area contributed by atoms with Gasteiger partial charge in [0.15, 0.2) is 0 Å². The standard InChI is InChI=1S/C18H25N3O3.ClH/c1-12(14-10-19-11-14)17(22)20-9-13-4-2-5-15(8-13)21-18(23)16-6-3-7-24-16;/h2,4-5,8,12,14,16,19H,3,6-7,9-11H2,1H3,(H,20,22)(H,21,23);1H. The van der Waals surface area contributed by atoms with Gasteiger partial charge in [0.2, 0.25) is 5.91 Å². The molecule has 2 fully saturated rings. The number of ether oxygens (including phenoxy) is 1. The number of halogens is 1. The average molecular weight is 368 g/mol. The summed E-state index contributed by atoms with van der Waals surface area (Å²) in [5, 5.41) is 9.05. The van der Waals surface area contributed by atoms with Gasteiger partial charge in [-0.25, -0.2) is 0 Å². The van der Waals surface area contributed by atoms with Gasteiger partial charge in [-0.3, -0.25) is 9.59 Å². The van der Waals surface area contributed by atoms with Gasteiger partial charge in [0, 0.05) is 24.8 Å². The molecule has 3 N–H and O–H groups in total. The highest BCUT2D eigenvalue weighted by molar-refractivity contribution is 5.94. The smallest absolute Gasteiger partial charge is 0.253 e. The molecule has 0 aliphatic carbocycles. The molecule has 0 radical (unpaired) electrons. The van der Waals surface area contributed by atoms with Gasteiger partial charge in [-0.05, 0) is 49.5 Å². The Kier molecular flexibility index (Phi) is 7.23. The van der Waals surface area contributed by atoms with Crippen LogP contribution in [-0.2, 0) is 20.9 Å². The molecule has 0 saturated carbocycles. The van der Waals surface area contributed by atoms with Crippen LogP contribution in [0.5, 0.6) is 0 Å². The molecule has 0 bridgehead atoms. The Bertz CT molecular complexity index is 601. The normalized spacial score (nSPS) is 20.9. The van der Waals surface area contributed by atoms with Gasteiger partial charge in [-0.1, -0.05) is 19.1 Å². The summed E-state index contributed by atoms with van der Waals surface area (Å²) in [6.07, 6.45) is 1.36. The maximum absolute atomic E-state index is 12.2. The molecule has 2 saturated heterocycles. The molecule has 0 spiro atoms. The molecular formula is C18H26ClN3O3. The molecule has 2 atom stereocenters. The minimum atomic E-state index is -0.342. The lowest BCUT2D eigenvalue weighted by molar-refractivity contribution is -0.127. The van der Waals surface area contributed by atoms with Crippen molar-refractivity contribution in [3.63, 3.8) is 0 Å². The van der Waals surface area contributed by atoms with E-state index in [0.29, 0.717) is 19.1 Å². The number of carbonyl (C=O) groups excluding carboxylic acids is 2. The van der Waals surface area contributed by atoms with Gasteiger partial charge < -0.3 is 20.7 Å². The summed E-state index contributed by atoms with van der Waals surface area (Å²) in [7, 11) is 0. The second-order valence-corrected chi connectivity index (χ2v) is 6.62. The van der Waals surface area contributed by atoms with Crippen molar-refractivity contribution < 1.29 is 14.3 Å². The zero-order valence-corrected chi connectivity index (χ0v) is 15.2. The van der Waals surface area contributed by atoms with Crippen LogP contribution in [0.4, 0.5) is 5.69 Å². The predicted molar refractivity (Wildman–Crippen MR) is 98.7 cm³/mol. The maximum Gasteiger partial charge on any atom is 0.253 e. The second-order valence-electron chi connectivity index (χ2n) is 6.62. The minimum Gasteiger partial charge on any atom is -0.368 e. The molecule has 3 rings (SSSR count). The summed E-state index contributed by atoms with van der Waals surface area (Å²) in [5.74, 6) is 0.436. The molecule has 2 amide bonds. The zero-order valence-electron chi connectivity index (χ0n) is 14.4. The third kappa shape index (κ3) is 5.17. The molecule has 7 heteroatoms. The fourth-order valence-electron chi connectivity index (χ4n) is 3.00. The Morgan fingerprint density at radius 2 is 2.16 bits per heavy atom. The van der Waals surface area contributed by atoms with Gasteiger partial charge in [0.1, 0.15) is 6.10 Å². The topological polar surface area (TPSA) is 79.5 Å². The molecule has 2 unspecified atom stereocenters. The van der Waals surface area contributed by atoms with Crippen molar-refractivity contribution in [1.29, 1.82) is 0 Å². The van der Waals surface area contributed by atoms with Crippen LogP contribution in [0, 0.1) is 11.8 Å². The first-order valence-corrected chi connectivity index (χ1v) is 8.63. The zero-order chi connectivity index (χ0) is 16.9. The van der Waals surface area contributed by atoms with Crippen LogP contribution in [0.3, 0.4) is 0 Å². The summed E-state index contributed by atoms with van der Waals surface area (Å²) in [6, 6.07) is 7.56. The van der Waals surface area contributed by atoms with Crippen molar-refractivity contribution in [2.75, 3.05) is 25.0 Å². The third-order valence-electron chi connectivity index (χ3n) is 4.82. The van der Waals surface area contributed by atoms with Gasteiger partial charge in [0.05, 0.1) is 0 Å². The molecule has 0 aromatic heterocycles. The van der Waals surface area contributed by atoms with Crippen molar-refractivity contribution in [2.24, 2.45) is 11.8 Å². The first-order valence-electron chi connectivity index (χ1n) is 8.63. The first kappa shape index (κ1) is 19.7. The largest absolute Gasteiger partial charge is 0.368 e. The first-order chi connectivity index (χ1) is 11.6. The van der Waals surface area contributed by atoms with E-state index < -0.39 is 0 Å². The van der Waals surface area contributed by atoms with Crippen molar-refractivity contribution >= 4 is 29.9 Å². The summed E-state index contributed by atoms with van der Waals surface area (Å²) in [6.45, 7) is 4.92. The van der Waals surface area contributed by atoms with E-state index in [9.17, 15) is 9.59 Å². The van der Waals surface area contributed by atoms with Crippen molar-refractivity contribution in [3.8, 4) is 0 Å². The molecule has 2 aliphatic heterocycles. The van der Waals surface area contributed by atoms with Crippen LogP contribution in [0.1, 0.15) is 25.3 Å². The molecule has 138 valence electrons. The number of amides is 2. The number of hydrogen-bond acceptors (Lipinski definition) is 4. The molecule has 6 nitrogen and oxygen atoms in total. The number of benzene rings is 1.